The average Bonchev–Trinajstić information content (AvgIpc) is 2.82. The van der Waals surface area contributed by atoms with Crippen LogP contribution in [-0.4, -0.2) is 48.9 Å². The number of carbonyl (C=O) groups excluding carboxylic acids is 2. The number of nitrogens with zero attached hydrogens (tertiary/aromatic N) is 2. The average molecular weight is 451 g/mol. The SMILES string of the molecule is COc1ccc(C(=O)N2CCC[C@H](C(=O)N(C)Cc3cccc(Cl)c3)C2)c2ccccc12. The first kappa shape index (κ1) is 22.2. The molecule has 0 unspecified atom stereocenters. The van der Waals surface area contributed by atoms with Crippen molar-refractivity contribution in [1.29, 1.82) is 0 Å². The van der Waals surface area contributed by atoms with Crippen LogP contribution in [0.5, 0.6) is 5.75 Å². The maximum Gasteiger partial charge on any atom is 0.254 e. The molecular weight excluding hydrogens is 424 g/mol. The van der Waals surface area contributed by atoms with Crippen molar-refractivity contribution in [2.24, 2.45) is 5.92 Å². The van der Waals surface area contributed by atoms with Gasteiger partial charge in [0.25, 0.3) is 5.91 Å². The second-order valence-electron chi connectivity index (χ2n) is 8.28. The first-order chi connectivity index (χ1) is 15.5. The van der Waals surface area contributed by atoms with Crippen LogP contribution < -0.4 is 4.74 Å². The van der Waals surface area contributed by atoms with Gasteiger partial charge in [-0.3, -0.25) is 9.59 Å². The molecule has 0 saturated carbocycles. The number of methoxy groups -OCH3 is 1. The van der Waals surface area contributed by atoms with E-state index in [0.717, 1.165) is 34.9 Å². The van der Waals surface area contributed by atoms with Crippen molar-refractivity contribution < 1.29 is 14.3 Å². The summed E-state index contributed by atoms with van der Waals surface area (Å²) in [6.45, 7) is 1.58. The zero-order valence-electron chi connectivity index (χ0n) is 18.4. The van der Waals surface area contributed by atoms with Gasteiger partial charge >= 0.3 is 0 Å². The lowest BCUT2D eigenvalue weighted by molar-refractivity contribution is -0.136. The van der Waals surface area contributed by atoms with Crippen LogP contribution in [0.1, 0.15) is 28.8 Å². The third-order valence-corrected chi connectivity index (χ3v) is 6.31. The quantitative estimate of drug-likeness (QED) is 0.548. The molecule has 0 aliphatic carbocycles. The highest BCUT2D eigenvalue weighted by Crippen LogP contribution is 2.30. The van der Waals surface area contributed by atoms with E-state index in [0.29, 0.717) is 30.2 Å². The summed E-state index contributed by atoms with van der Waals surface area (Å²) in [4.78, 5) is 30.1. The minimum Gasteiger partial charge on any atom is -0.496 e. The van der Waals surface area contributed by atoms with Crippen LogP contribution in [0.25, 0.3) is 10.8 Å². The van der Waals surface area contributed by atoms with E-state index in [1.165, 1.54) is 0 Å². The Morgan fingerprint density at radius 3 is 2.62 bits per heavy atom. The summed E-state index contributed by atoms with van der Waals surface area (Å²) in [5.41, 5.74) is 1.63. The number of fused-ring (bicyclic) bond motifs is 1. The van der Waals surface area contributed by atoms with Gasteiger partial charge in [0.05, 0.1) is 13.0 Å². The molecule has 1 heterocycles. The Bertz CT molecular complexity index is 1150. The summed E-state index contributed by atoms with van der Waals surface area (Å²) in [5.74, 6) is 0.550. The second kappa shape index (κ2) is 9.61. The van der Waals surface area contributed by atoms with Crippen molar-refractivity contribution >= 4 is 34.2 Å². The van der Waals surface area contributed by atoms with Crippen LogP contribution in [0.3, 0.4) is 0 Å². The maximum atomic E-state index is 13.4. The molecule has 0 aromatic heterocycles. The number of hydrogen-bond acceptors (Lipinski definition) is 3. The molecule has 0 bridgehead atoms. The Hall–Kier alpha value is -3.05. The van der Waals surface area contributed by atoms with Gasteiger partial charge in [-0.15, -0.1) is 0 Å². The molecule has 2 amide bonds. The minimum atomic E-state index is -0.207. The zero-order chi connectivity index (χ0) is 22.7. The summed E-state index contributed by atoms with van der Waals surface area (Å²) >= 11 is 6.07. The topological polar surface area (TPSA) is 49.9 Å². The van der Waals surface area contributed by atoms with E-state index in [9.17, 15) is 9.59 Å². The summed E-state index contributed by atoms with van der Waals surface area (Å²) in [7, 11) is 3.44. The van der Waals surface area contributed by atoms with Gasteiger partial charge in [0.2, 0.25) is 5.91 Å². The fourth-order valence-corrected chi connectivity index (χ4v) is 4.68. The molecule has 5 nitrogen and oxygen atoms in total. The molecule has 1 saturated heterocycles. The third kappa shape index (κ3) is 4.58. The van der Waals surface area contributed by atoms with Gasteiger partial charge in [-0.25, -0.2) is 0 Å². The Morgan fingerprint density at radius 2 is 1.88 bits per heavy atom. The van der Waals surface area contributed by atoms with Crippen molar-refractivity contribution in [2.75, 3.05) is 27.2 Å². The summed E-state index contributed by atoms with van der Waals surface area (Å²) < 4.78 is 5.46. The summed E-state index contributed by atoms with van der Waals surface area (Å²) in [5, 5.41) is 2.43. The number of benzene rings is 3. The van der Waals surface area contributed by atoms with Gasteiger partial charge in [0, 0.05) is 42.7 Å². The standard InChI is InChI=1S/C26H27ClN2O3/c1-28(16-18-7-5-9-20(27)15-18)25(30)19-8-6-14-29(17-19)26(31)23-12-13-24(32-2)22-11-4-3-10-21(22)23/h3-5,7,9-13,15,19H,6,8,14,16-17H2,1-2H3/t19-/m0/s1. The van der Waals surface area contributed by atoms with Crippen molar-refractivity contribution in [3.8, 4) is 5.75 Å². The van der Waals surface area contributed by atoms with Gasteiger partial charge in [0.1, 0.15) is 5.75 Å². The highest BCUT2D eigenvalue weighted by Gasteiger charge is 2.31. The molecular formula is C26H27ClN2O3. The molecule has 1 atom stereocenters. The molecule has 3 aromatic rings. The molecule has 1 fully saturated rings. The maximum absolute atomic E-state index is 13.4. The normalized spacial score (nSPS) is 16.1. The molecule has 3 aromatic carbocycles. The van der Waals surface area contributed by atoms with Crippen LogP contribution >= 0.6 is 11.6 Å². The molecule has 0 radical (unpaired) electrons. The van der Waals surface area contributed by atoms with Gasteiger partial charge in [-0.05, 0) is 48.1 Å². The van der Waals surface area contributed by atoms with Crippen LogP contribution in [0.4, 0.5) is 0 Å². The third-order valence-electron chi connectivity index (χ3n) is 6.08. The lowest BCUT2D eigenvalue weighted by atomic mass is 9.95. The van der Waals surface area contributed by atoms with E-state index in [-0.39, 0.29) is 17.7 Å². The van der Waals surface area contributed by atoms with E-state index in [1.54, 1.807) is 19.1 Å². The van der Waals surface area contributed by atoms with Crippen molar-refractivity contribution in [3.63, 3.8) is 0 Å². The molecule has 0 spiro atoms. The fraction of sp³-hybridized carbons (Fsp3) is 0.308. The van der Waals surface area contributed by atoms with Gasteiger partial charge in [-0.2, -0.15) is 0 Å². The van der Waals surface area contributed by atoms with Gasteiger partial charge in [0.15, 0.2) is 0 Å². The summed E-state index contributed by atoms with van der Waals surface area (Å²) in [6.07, 6.45) is 1.59. The smallest absolute Gasteiger partial charge is 0.254 e. The van der Waals surface area contributed by atoms with Gasteiger partial charge < -0.3 is 14.5 Å². The fourth-order valence-electron chi connectivity index (χ4n) is 4.47. The number of ether oxygens (including phenoxy) is 1. The predicted octanol–water partition coefficient (Wildman–Crippen LogP) is 5.01. The van der Waals surface area contributed by atoms with E-state index < -0.39 is 0 Å². The lowest BCUT2D eigenvalue weighted by Crippen LogP contribution is -2.45. The van der Waals surface area contributed by atoms with E-state index >= 15 is 0 Å². The van der Waals surface area contributed by atoms with E-state index in [2.05, 4.69) is 0 Å². The Labute approximate surface area is 193 Å². The van der Waals surface area contributed by atoms with Crippen molar-refractivity contribution in [1.82, 2.24) is 9.80 Å². The van der Waals surface area contributed by atoms with Crippen molar-refractivity contribution in [3.05, 3.63) is 76.8 Å². The highest BCUT2D eigenvalue weighted by atomic mass is 35.5. The van der Waals surface area contributed by atoms with Crippen LogP contribution in [-0.2, 0) is 11.3 Å². The molecule has 1 aliphatic heterocycles. The largest absolute Gasteiger partial charge is 0.496 e. The molecule has 4 rings (SSSR count). The first-order valence-corrected chi connectivity index (χ1v) is 11.2. The predicted molar refractivity (Wildman–Crippen MR) is 127 cm³/mol. The van der Waals surface area contributed by atoms with Gasteiger partial charge in [-0.1, -0.05) is 48.0 Å². The second-order valence-corrected chi connectivity index (χ2v) is 8.71. The number of hydrogen-bond donors (Lipinski definition) is 0. The number of likely N-dealkylation sites (tertiary alicyclic amines) is 1. The zero-order valence-corrected chi connectivity index (χ0v) is 19.1. The van der Waals surface area contributed by atoms with Crippen LogP contribution in [0, 0.1) is 5.92 Å². The number of amides is 2. The molecule has 1 aliphatic rings. The number of rotatable bonds is 5. The van der Waals surface area contributed by atoms with E-state index in [4.69, 9.17) is 16.3 Å². The Balaban J connectivity index is 1.50. The van der Waals surface area contributed by atoms with Crippen LogP contribution in [0.15, 0.2) is 60.7 Å². The summed E-state index contributed by atoms with van der Waals surface area (Å²) in [6, 6.07) is 18.9. The van der Waals surface area contributed by atoms with Crippen molar-refractivity contribution in [2.45, 2.75) is 19.4 Å². The lowest BCUT2D eigenvalue weighted by Gasteiger charge is -2.34. The Morgan fingerprint density at radius 1 is 1.09 bits per heavy atom. The van der Waals surface area contributed by atoms with Crippen LogP contribution in [0.2, 0.25) is 5.02 Å². The molecule has 6 heteroatoms. The first-order valence-electron chi connectivity index (χ1n) is 10.8. The van der Waals surface area contributed by atoms with E-state index in [1.807, 2.05) is 65.6 Å². The number of piperidine rings is 1. The highest BCUT2D eigenvalue weighted by molar-refractivity contribution is 6.30. The molecule has 0 N–H and O–H groups in total. The number of halogens is 1. The monoisotopic (exact) mass is 450 g/mol. The minimum absolute atomic E-state index is 0.0427. The Kier molecular flexibility index (Phi) is 6.66. The number of carbonyl (C=O) groups is 2. The molecule has 32 heavy (non-hydrogen) atoms. The molecule has 166 valence electrons.